The van der Waals surface area contributed by atoms with Gasteiger partial charge in [0.2, 0.25) is 5.91 Å². The van der Waals surface area contributed by atoms with Gasteiger partial charge in [-0.25, -0.2) is 0 Å². The molecular formula is C18H23NO5. The van der Waals surface area contributed by atoms with Crippen LogP contribution in [0.15, 0.2) is 24.3 Å². The van der Waals surface area contributed by atoms with E-state index >= 15 is 0 Å². The highest BCUT2D eigenvalue weighted by molar-refractivity contribution is 5.89. The maximum Gasteiger partial charge on any atom is 0.307 e. The molecule has 2 aliphatic rings. The van der Waals surface area contributed by atoms with E-state index in [1.165, 1.54) is 0 Å². The molecule has 24 heavy (non-hydrogen) atoms. The zero-order valence-electron chi connectivity index (χ0n) is 13.8. The van der Waals surface area contributed by atoms with Gasteiger partial charge in [0.15, 0.2) is 0 Å². The minimum Gasteiger partial charge on any atom is -0.496 e. The van der Waals surface area contributed by atoms with Crippen LogP contribution in [0.5, 0.6) is 5.75 Å². The third-order valence-corrected chi connectivity index (χ3v) is 4.74. The molecule has 0 spiro atoms. The van der Waals surface area contributed by atoms with Crippen molar-refractivity contribution in [3.05, 3.63) is 29.8 Å². The van der Waals surface area contributed by atoms with Crippen LogP contribution in [0, 0.1) is 11.8 Å². The second-order valence-corrected chi connectivity index (χ2v) is 6.45. The average molecular weight is 333 g/mol. The Bertz CT molecular complexity index is 611. The molecule has 0 aromatic heterocycles. The third kappa shape index (κ3) is 3.70. The second-order valence-electron chi connectivity index (χ2n) is 6.45. The van der Waals surface area contributed by atoms with Crippen molar-refractivity contribution >= 4 is 11.9 Å². The van der Waals surface area contributed by atoms with E-state index in [0.717, 1.165) is 30.8 Å². The number of amides is 1. The Balaban J connectivity index is 1.74. The highest BCUT2D eigenvalue weighted by Crippen LogP contribution is 2.40. The Morgan fingerprint density at radius 3 is 2.75 bits per heavy atom. The predicted octanol–water partition coefficient (Wildman–Crippen LogP) is 1.92. The van der Waals surface area contributed by atoms with E-state index in [1.54, 1.807) is 12.0 Å². The molecular weight excluding hydrogens is 310 g/mol. The zero-order chi connectivity index (χ0) is 17.1. The lowest BCUT2D eigenvalue weighted by Crippen LogP contribution is -2.38. The van der Waals surface area contributed by atoms with Crippen molar-refractivity contribution in [1.82, 2.24) is 4.90 Å². The van der Waals surface area contributed by atoms with Gasteiger partial charge in [0.05, 0.1) is 25.0 Å². The molecule has 1 amide bonds. The van der Waals surface area contributed by atoms with Crippen LogP contribution in [0.1, 0.15) is 24.8 Å². The topological polar surface area (TPSA) is 76.1 Å². The fourth-order valence-electron chi connectivity index (χ4n) is 3.28. The Kier molecular flexibility index (Phi) is 5.04. The van der Waals surface area contributed by atoms with Gasteiger partial charge in [-0.15, -0.1) is 0 Å². The summed E-state index contributed by atoms with van der Waals surface area (Å²) in [6.07, 6.45) is 2.40. The SMILES string of the molecule is COc1ccccc1CN(CC1CCCO1)C(=O)C1CC1C(=O)O. The molecule has 3 atom stereocenters. The van der Waals surface area contributed by atoms with E-state index in [2.05, 4.69) is 0 Å². The van der Waals surface area contributed by atoms with Crippen molar-refractivity contribution in [2.75, 3.05) is 20.3 Å². The lowest BCUT2D eigenvalue weighted by Gasteiger charge is -2.26. The number of ether oxygens (including phenoxy) is 2. The van der Waals surface area contributed by atoms with Crippen LogP contribution in [-0.2, 0) is 20.9 Å². The van der Waals surface area contributed by atoms with Gasteiger partial charge < -0.3 is 19.5 Å². The van der Waals surface area contributed by atoms with Crippen molar-refractivity contribution in [3.63, 3.8) is 0 Å². The van der Waals surface area contributed by atoms with Gasteiger partial charge in [0.25, 0.3) is 0 Å². The number of nitrogens with zero attached hydrogens (tertiary/aromatic N) is 1. The number of carbonyl (C=O) groups excluding carboxylic acids is 1. The van der Waals surface area contributed by atoms with Crippen LogP contribution < -0.4 is 4.74 Å². The largest absolute Gasteiger partial charge is 0.496 e. The van der Waals surface area contributed by atoms with Crippen LogP contribution in [0.25, 0.3) is 0 Å². The first kappa shape index (κ1) is 16.8. The maximum atomic E-state index is 12.8. The maximum absolute atomic E-state index is 12.8. The number of benzene rings is 1. The molecule has 0 bridgehead atoms. The number of para-hydroxylation sites is 1. The summed E-state index contributed by atoms with van der Waals surface area (Å²) in [7, 11) is 1.60. The Hall–Kier alpha value is -2.08. The van der Waals surface area contributed by atoms with Gasteiger partial charge in [-0.2, -0.15) is 0 Å². The minimum atomic E-state index is -0.886. The first-order valence-electron chi connectivity index (χ1n) is 8.35. The number of carboxylic acid groups (broad SMARTS) is 1. The van der Waals surface area contributed by atoms with Crippen molar-refractivity contribution in [2.45, 2.75) is 31.9 Å². The van der Waals surface area contributed by atoms with E-state index in [4.69, 9.17) is 14.6 Å². The number of methoxy groups -OCH3 is 1. The number of carboxylic acids is 1. The molecule has 1 heterocycles. The number of aliphatic carboxylic acids is 1. The number of rotatable bonds is 7. The van der Waals surface area contributed by atoms with E-state index in [0.29, 0.717) is 19.5 Å². The highest BCUT2D eigenvalue weighted by Gasteiger charge is 2.50. The van der Waals surface area contributed by atoms with Crippen LogP contribution in [0.4, 0.5) is 0 Å². The Morgan fingerprint density at radius 2 is 2.12 bits per heavy atom. The highest BCUT2D eigenvalue weighted by atomic mass is 16.5. The summed E-state index contributed by atoms with van der Waals surface area (Å²) in [5.74, 6) is -1.19. The molecule has 1 saturated carbocycles. The second kappa shape index (κ2) is 7.21. The van der Waals surface area contributed by atoms with Crippen molar-refractivity contribution < 1.29 is 24.2 Å². The summed E-state index contributed by atoms with van der Waals surface area (Å²) in [6, 6.07) is 7.58. The fourth-order valence-corrected chi connectivity index (χ4v) is 3.28. The summed E-state index contributed by atoms with van der Waals surface area (Å²) >= 11 is 0. The third-order valence-electron chi connectivity index (χ3n) is 4.74. The average Bonchev–Trinajstić information content (AvgIpc) is 3.24. The smallest absolute Gasteiger partial charge is 0.307 e. The summed E-state index contributed by atoms with van der Waals surface area (Å²) in [5, 5.41) is 9.10. The van der Waals surface area contributed by atoms with Crippen LogP contribution in [0.2, 0.25) is 0 Å². The molecule has 1 N–H and O–H groups in total. The minimum absolute atomic E-state index is 0.0330. The molecule has 1 aliphatic heterocycles. The fraction of sp³-hybridized carbons (Fsp3) is 0.556. The summed E-state index contributed by atoms with van der Waals surface area (Å²) in [6.45, 7) is 1.63. The van der Waals surface area contributed by atoms with Gasteiger partial charge in [-0.05, 0) is 25.3 Å². The molecule has 1 aromatic rings. The predicted molar refractivity (Wildman–Crippen MR) is 86.6 cm³/mol. The molecule has 2 fully saturated rings. The van der Waals surface area contributed by atoms with Gasteiger partial charge in [-0.1, -0.05) is 18.2 Å². The van der Waals surface area contributed by atoms with E-state index in [-0.39, 0.29) is 12.0 Å². The van der Waals surface area contributed by atoms with Gasteiger partial charge >= 0.3 is 5.97 Å². The van der Waals surface area contributed by atoms with Gasteiger partial charge in [0, 0.05) is 25.3 Å². The molecule has 3 unspecified atom stereocenters. The van der Waals surface area contributed by atoms with E-state index in [9.17, 15) is 9.59 Å². The molecule has 6 heteroatoms. The quantitative estimate of drug-likeness (QED) is 0.825. The summed E-state index contributed by atoms with van der Waals surface area (Å²) < 4.78 is 11.0. The zero-order valence-corrected chi connectivity index (χ0v) is 13.8. The summed E-state index contributed by atoms with van der Waals surface area (Å²) in [5.41, 5.74) is 0.916. The number of carbonyl (C=O) groups is 2. The first-order chi connectivity index (χ1) is 11.6. The van der Waals surface area contributed by atoms with Crippen LogP contribution in [-0.4, -0.2) is 48.2 Å². The lowest BCUT2D eigenvalue weighted by atomic mass is 10.1. The van der Waals surface area contributed by atoms with Crippen molar-refractivity contribution in [3.8, 4) is 5.75 Å². The van der Waals surface area contributed by atoms with Crippen LogP contribution in [0.3, 0.4) is 0 Å². The lowest BCUT2D eigenvalue weighted by molar-refractivity contribution is -0.142. The number of hydrogen-bond donors (Lipinski definition) is 1. The first-order valence-corrected chi connectivity index (χ1v) is 8.35. The van der Waals surface area contributed by atoms with Crippen LogP contribution >= 0.6 is 0 Å². The molecule has 1 aliphatic carbocycles. The Labute approximate surface area is 141 Å². The van der Waals surface area contributed by atoms with Gasteiger partial charge in [-0.3, -0.25) is 9.59 Å². The molecule has 1 aromatic carbocycles. The Morgan fingerprint density at radius 1 is 1.33 bits per heavy atom. The normalized spacial score (nSPS) is 25.3. The molecule has 3 rings (SSSR count). The van der Waals surface area contributed by atoms with E-state index in [1.807, 2.05) is 24.3 Å². The number of hydrogen-bond acceptors (Lipinski definition) is 4. The van der Waals surface area contributed by atoms with E-state index < -0.39 is 17.8 Å². The standard InChI is InChI=1S/C18H23NO5/c1-23-16-7-3-2-5-12(16)10-19(11-13-6-4-8-24-13)17(20)14-9-15(14)18(21)22/h2-3,5,7,13-15H,4,6,8-11H2,1H3,(H,21,22). The summed E-state index contributed by atoms with van der Waals surface area (Å²) in [4.78, 5) is 25.6. The molecule has 1 saturated heterocycles. The van der Waals surface area contributed by atoms with Gasteiger partial charge in [0.1, 0.15) is 5.75 Å². The monoisotopic (exact) mass is 333 g/mol. The van der Waals surface area contributed by atoms with Crippen molar-refractivity contribution in [1.29, 1.82) is 0 Å². The molecule has 6 nitrogen and oxygen atoms in total. The molecule has 130 valence electrons. The van der Waals surface area contributed by atoms with Crippen molar-refractivity contribution in [2.24, 2.45) is 11.8 Å². The molecule has 0 radical (unpaired) electrons.